The Hall–Kier alpha value is -1.70. The van der Waals surface area contributed by atoms with Crippen LogP contribution in [0.5, 0.6) is 0 Å². The number of nitrogens with zero attached hydrogens (tertiary/aromatic N) is 1. The fourth-order valence-corrected chi connectivity index (χ4v) is 2.06. The van der Waals surface area contributed by atoms with Gasteiger partial charge in [-0.15, -0.1) is 0 Å². The van der Waals surface area contributed by atoms with E-state index in [0.717, 1.165) is 0 Å². The van der Waals surface area contributed by atoms with Gasteiger partial charge in [-0.1, -0.05) is 0 Å². The van der Waals surface area contributed by atoms with Crippen LogP contribution in [0.25, 0.3) is 0 Å². The molecule has 0 radical (unpaired) electrons. The number of ether oxygens (including phenoxy) is 1. The van der Waals surface area contributed by atoms with Gasteiger partial charge in [0.15, 0.2) is 0 Å². The van der Waals surface area contributed by atoms with Crippen molar-refractivity contribution in [1.29, 1.82) is 0 Å². The molecule has 110 valence electrons. The van der Waals surface area contributed by atoms with E-state index in [0.29, 0.717) is 25.4 Å². The molecule has 1 atom stereocenters. The van der Waals surface area contributed by atoms with E-state index in [-0.39, 0.29) is 30.9 Å². The lowest BCUT2D eigenvalue weighted by atomic mass is 10.2. The number of anilines is 2. The van der Waals surface area contributed by atoms with Gasteiger partial charge >= 0.3 is 0 Å². The number of halogens is 1. The van der Waals surface area contributed by atoms with Crippen molar-refractivity contribution in [2.45, 2.75) is 6.10 Å². The number of aliphatic hydroxyl groups excluding tert-OH is 1. The molecule has 1 aromatic rings. The summed E-state index contributed by atoms with van der Waals surface area (Å²) in [7, 11) is 0. The van der Waals surface area contributed by atoms with E-state index in [1.165, 1.54) is 18.2 Å². The van der Waals surface area contributed by atoms with Gasteiger partial charge < -0.3 is 20.9 Å². The molecule has 6 nitrogen and oxygen atoms in total. The largest absolute Gasteiger partial charge is 0.397 e. The van der Waals surface area contributed by atoms with Crippen LogP contribution in [0.15, 0.2) is 18.2 Å². The predicted octanol–water partition coefficient (Wildman–Crippen LogP) is 0.0395. The van der Waals surface area contributed by atoms with Gasteiger partial charge in [0.25, 0.3) is 0 Å². The summed E-state index contributed by atoms with van der Waals surface area (Å²) in [6.45, 7) is 1.65. The summed E-state index contributed by atoms with van der Waals surface area (Å²) in [6.07, 6.45) is -0.268. The molecule has 7 heteroatoms. The summed E-state index contributed by atoms with van der Waals surface area (Å²) in [6, 6.07) is 3.82. The summed E-state index contributed by atoms with van der Waals surface area (Å²) >= 11 is 0. The van der Waals surface area contributed by atoms with Gasteiger partial charge in [-0.3, -0.25) is 9.69 Å². The second-order valence-corrected chi connectivity index (χ2v) is 4.69. The predicted molar refractivity (Wildman–Crippen MR) is 72.7 cm³/mol. The Labute approximate surface area is 116 Å². The topological polar surface area (TPSA) is 87.8 Å². The van der Waals surface area contributed by atoms with E-state index < -0.39 is 5.82 Å². The van der Waals surface area contributed by atoms with Crippen molar-refractivity contribution in [2.75, 3.05) is 43.9 Å². The van der Waals surface area contributed by atoms with Gasteiger partial charge in [0.05, 0.1) is 37.2 Å². The number of benzene rings is 1. The number of aliphatic hydroxyl groups is 1. The highest BCUT2D eigenvalue weighted by atomic mass is 19.1. The molecule has 1 aliphatic rings. The number of rotatable bonds is 4. The van der Waals surface area contributed by atoms with Crippen LogP contribution in [0.1, 0.15) is 0 Å². The van der Waals surface area contributed by atoms with Crippen molar-refractivity contribution >= 4 is 17.3 Å². The number of carbonyl (C=O) groups is 1. The molecular formula is C13H18FN3O3. The summed E-state index contributed by atoms with van der Waals surface area (Å²) in [5, 5.41) is 11.6. The van der Waals surface area contributed by atoms with Crippen LogP contribution < -0.4 is 11.1 Å². The molecule has 1 amide bonds. The summed E-state index contributed by atoms with van der Waals surface area (Å²) < 4.78 is 18.4. The third kappa shape index (κ3) is 3.89. The third-order valence-electron chi connectivity index (χ3n) is 3.08. The lowest BCUT2D eigenvalue weighted by Crippen LogP contribution is -2.46. The fourth-order valence-electron chi connectivity index (χ4n) is 2.06. The molecule has 4 N–H and O–H groups in total. The van der Waals surface area contributed by atoms with Crippen LogP contribution >= 0.6 is 0 Å². The van der Waals surface area contributed by atoms with Crippen molar-refractivity contribution in [3.05, 3.63) is 24.0 Å². The first-order valence-electron chi connectivity index (χ1n) is 6.38. The average molecular weight is 283 g/mol. The molecule has 0 aromatic heterocycles. The van der Waals surface area contributed by atoms with E-state index in [9.17, 15) is 9.18 Å². The molecular weight excluding hydrogens is 265 g/mol. The van der Waals surface area contributed by atoms with Crippen LogP contribution in [0.2, 0.25) is 0 Å². The molecule has 0 saturated carbocycles. The maximum Gasteiger partial charge on any atom is 0.238 e. The second-order valence-electron chi connectivity index (χ2n) is 4.69. The Morgan fingerprint density at radius 2 is 2.40 bits per heavy atom. The minimum absolute atomic E-state index is 0.0744. The van der Waals surface area contributed by atoms with Crippen molar-refractivity contribution in [3.63, 3.8) is 0 Å². The molecule has 1 unspecified atom stereocenters. The van der Waals surface area contributed by atoms with Gasteiger partial charge in [-0.25, -0.2) is 4.39 Å². The normalized spacial score (nSPS) is 19.8. The van der Waals surface area contributed by atoms with Gasteiger partial charge in [0.2, 0.25) is 5.91 Å². The van der Waals surface area contributed by atoms with E-state index in [1.807, 2.05) is 4.90 Å². The first-order chi connectivity index (χ1) is 9.58. The molecule has 1 saturated heterocycles. The van der Waals surface area contributed by atoms with Crippen molar-refractivity contribution in [2.24, 2.45) is 0 Å². The molecule has 0 bridgehead atoms. The Balaban J connectivity index is 1.90. The molecule has 1 heterocycles. The standard InChI is InChI=1S/C13H18FN3O3/c14-9-1-2-11(15)12(5-9)16-13(19)7-17-3-4-20-10(6-17)8-18/h1-2,5,10,18H,3-4,6-8,15H2,(H,16,19). The smallest absolute Gasteiger partial charge is 0.238 e. The van der Waals surface area contributed by atoms with Crippen molar-refractivity contribution in [3.8, 4) is 0 Å². The average Bonchev–Trinajstić information content (AvgIpc) is 2.43. The van der Waals surface area contributed by atoms with Gasteiger partial charge in [-0.05, 0) is 18.2 Å². The third-order valence-corrected chi connectivity index (χ3v) is 3.08. The van der Waals surface area contributed by atoms with Crippen LogP contribution in [0.4, 0.5) is 15.8 Å². The SMILES string of the molecule is Nc1ccc(F)cc1NC(=O)CN1CCOC(CO)C1. The Kier molecular flexibility index (Phi) is 4.89. The first kappa shape index (κ1) is 14.7. The molecule has 1 aromatic carbocycles. The molecule has 2 rings (SSSR count). The number of nitrogens with one attached hydrogen (secondary N) is 1. The Bertz CT molecular complexity index is 484. The van der Waals surface area contributed by atoms with Crippen LogP contribution in [-0.4, -0.2) is 54.9 Å². The number of morpholine rings is 1. The molecule has 1 fully saturated rings. The zero-order chi connectivity index (χ0) is 14.5. The number of nitrogen functional groups attached to an aromatic ring is 1. The highest BCUT2D eigenvalue weighted by molar-refractivity contribution is 5.95. The Morgan fingerprint density at radius 3 is 3.15 bits per heavy atom. The highest BCUT2D eigenvalue weighted by Crippen LogP contribution is 2.19. The zero-order valence-corrected chi connectivity index (χ0v) is 11.0. The van der Waals surface area contributed by atoms with E-state index in [1.54, 1.807) is 0 Å². The fraction of sp³-hybridized carbons (Fsp3) is 0.462. The molecule has 1 aliphatic heterocycles. The van der Waals surface area contributed by atoms with E-state index in [4.69, 9.17) is 15.6 Å². The Morgan fingerprint density at radius 1 is 1.60 bits per heavy atom. The number of amides is 1. The zero-order valence-electron chi connectivity index (χ0n) is 11.0. The van der Waals surface area contributed by atoms with Crippen LogP contribution in [-0.2, 0) is 9.53 Å². The van der Waals surface area contributed by atoms with Gasteiger partial charge in [-0.2, -0.15) is 0 Å². The van der Waals surface area contributed by atoms with Crippen LogP contribution in [0.3, 0.4) is 0 Å². The highest BCUT2D eigenvalue weighted by Gasteiger charge is 2.21. The summed E-state index contributed by atoms with van der Waals surface area (Å²) in [5.41, 5.74) is 6.25. The minimum Gasteiger partial charge on any atom is -0.397 e. The quantitative estimate of drug-likeness (QED) is 0.679. The first-order valence-corrected chi connectivity index (χ1v) is 6.38. The number of hydrogen-bond donors (Lipinski definition) is 3. The number of hydrogen-bond acceptors (Lipinski definition) is 5. The second kappa shape index (κ2) is 6.65. The maximum absolute atomic E-state index is 13.1. The number of carbonyl (C=O) groups excluding carboxylic acids is 1. The maximum atomic E-state index is 13.1. The van der Waals surface area contributed by atoms with Gasteiger partial charge in [0.1, 0.15) is 5.82 Å². The lowest BCUT2D eigenvalue weighted by molar-refractivity contribution is -0.120. The molecule has 20 heavy (non-hydrogen) atoms. The van der Waals surface area contributed by atoms with Crippen molar-refractivity contribution < 1.29 is 19.0 Å². The van der Waals surface area contributed by atoms with Crippen LogP contribution in [0, 0.1) is 5.82 Å². The molecule has 0 aliphatic carbocycles. The van der Waals surface area contributed by atoms with E-state index in [2.05, 4.69) is 5.32 Å². The van der Waals surface area contributed by atoms with Crippen molar-refractivity contribution in [1.82, 2.24) is 4.90 Å². The monoisotopic (exact) mass is 283 g/mol. The van der Waals surface area contributed by atoms with E-state index >= 15 is 0 Å². The summed E-state index contributed by atoms with van der Waals surface area (Å²) in [4.78, 5) is 13.8. The number of nitrogens with two attached hydrogens (primary N) is 1. The van der Waals surface area contributed by atoms with Gasteiger partial charge in [0, 0.05) is 13.1 Å². The minimum atomic E-state index is -0.457. The summed E-state index contributed by atoms with van der Waals surface area (Å²) in [5.74, 6) is -0.734. The molecule has 0 spiro atoms. The lowest BCUT2D eigenvalue weighted by Gasteiger charge is -2.31.